The largest absolute Gasteiger partial charge is 0.207 e. The molecule has 1 atom stereocenters. The van der Waals surface area contributed by atoms with Crippen LogP contribution in [0.2, 0.25) is 0 Å². The summed E-state index contributed by atoms with van der Waals surface area (Å²) in [6, 6.07) is 13.1. The summed E-state index contributed by atoms with van der Waals surface area (Å²) in [5.41, 5.74) is 3.34. The lowest BCUT2D eigenvalue weighted by Gasteiger charge is -2.13. The predicted molar refractivity (Wildman–Crippen MR) is 80.7 cm³/mol. The van der Waals surface area contributed by atoms with Crippen molar-refractivity contribution in [3.63, 3.8) is 0 Å². The molecule has 0 aromatic heterocycles. The van der Waals surface area contributed by atoms with Crippen molar-refractivity contribution in [1.82, 2.24) is 0 Å². The SMILES string of the molecule is Cc1ccc(F)cc1C(Br)Cc1ccc(Br)cc1. The molecule has 3 heteroatoms. The first-order valence-electron chi connectivity index (χ1n) is 5.71. The monoisotopic (exact) mass is 370 g/mol. The van der Waals surface area contributed by atoms with Crippen molar-refractivity contribution < 1.29 is 4.39 Å². The predicted octanol–water partition coefficient (Wildman–Crippen LogP) is 5.58. The molecule has 0 saturated heterocycles. The van der Waals surface area contributed by atoms with Crippen LogP contribution in [0, 0.1) is 12.7 Å². The van der Waals surface area contributed by atoms with E-state index in [1.165, 1.54) is 11.6 Å². The maximum atomic E-state index is 13.3. The van der Waals surface area contributed by atoms with Gasteiger partial charge in [-0.05, 0) is 54.3 Å². The summed E-state index contributed by atoms with van der Waals surface area (Å²) in [6.07, 6.45) is 0.845. The van der Waals surface area contributed by atoms with Crippen molar-refractivity contribution in [1.29, 1.82) is 0 Å². The van der Waals surface area contributed by atoms with Gasteiger partial charge in [0.05, 0.1) is 0 Å². The molecular weight excluding hydrogens is 359 g/mol. The molecule has 0 radical (unpaired) electrons. The Morgan fingerprint density at radius 2 is 1.78 bits per heavy atom. The zero-order valence-electron chi connectivity index (χ0n) is 9.96. The minimum absolute atomic E-state index is 0.134. The standard InChI is InChI=1S/C15H13Br2F/c1-10-2-7-13(18)9-14(10)15(17)8-11-3-5-12(16)6-4-11/h2-7,9,15H,8H2,1H3. The first-order chi connectivity index (χ1) is 8.56. The van der Waals surface area contributed by atoms with Gasteiger partial charge in [-0.25, -0.2) is 4.39 Å². The van der Waals surface area contributed by atoms with Gasteiger partial charge >= 0.3 is 0 Å². The molecule has 0 aliphatic rings. The van der Waals surface area contributed by atoms with Crippen molar-refractivity contribution >= 4 is 31.9 Å². The van der Waals surface area contributed by atoms with Crippen LogP contribution < -0.4 is 0 Å². The summed E-state index contributed by atoms with van der Waals surface area (Å²) < 4.78 is 14.3. The van der Waals surface area contributed by atoms with Crippen LogP contribution in [0.1, 0.15) is 21.5 Å². The molecule has 2 aromatic carbocycles. The van der Waals surface area contributed by atoms with E-state index in [0.29, 0.717) is 0 Å². The van der Waals surface area contributed by atoms with Crippen LogP contribution in [-0.4, -0.2) is 0 Å². The number of rotatable bonds is 3. The molecule has 1 unspecified atom stereocenters. The number of hydrogen-bond donors (Lipinski definition) is 0. The van der Waals surface area contributed by atoms with Crippen LogP contribution in [-0.2, 0) is 6.42 Å². The van der Waals surface area contributed by atoms with Crippen LogP contribution in [0.15, 0.2) is 46.9 Å². The second-order valence-corrected chi connectivity index (χ2v) is 6.32. The molecule has 0 fully saturated rings. The van der Waals surface area contributed by atoms with Gasteiger partial charge in [-0.2, -0.15) is 0 Å². The van der Waals surface area contributed by atoms with E-state index in [0.717, 1.165) is 22.0 Å². The Kier molecular flexibility index (Phi) is 4.57. The third-order valence-corrected chi connectivity index (χ3v) is 4.25. The minimum Gasteiger partial charge on any atom is -0.207 e. The normalized spacial score (nSPS) is 12.4. The summed E-state index contributed by atoms with van der Waals surface area (Å²) in [6.45, 7) is 2.00. The first kappa shape index (κ1) is 13.8. The van der Waals surface area contributed by atoms with E-state index in [-0.39, 0.29) is 10.6 Å². The number of halogens is 3. The van der Waals surface area contributed by atoms with Gasteiger partial charge in [-0.3, -0.25) is 0 Å². The Morgan fingerprint density at radius 3 is 2.44 bits per heavy atom. The van der Waals surface area contributed by atoms with E-state index in [9.17, 15) is 4.39 Å². The Morgan fingerprint density at radius 1 is 1.11 bits per heavy atom. The molecule has 0 aliphatic carbocycles. The molecule has 0 heterocycles. The average Bonchev–Trinajstić information content (AvgIpc) is 2.35. The maximum absolute atomic E-state index is 13.3. The Balaban J connectivity index is 2.18. The lowest BCUT2D eigenvalue weighted by atomic mass is 10.0. The van der Waals surface area contributed by atoms with Crippen LogP contribution >= 0.6 is 31.9 Å². The van der Waals surface area contributed by atoms with Gasteiger partial charge < -0.3 is 0 Å². The van der Waals surface area contributed by atoms with Gasteiger partial charge in [-0.15, -0.1) is 0 Å². The van der Waals surface area contributed by atoms with E-state index in [1.54, 1.807) is 6.07 Å². The molecule has 0 bridgehead atoms. The zero-order valence-corrected chi connectivity index (χ0v) is 13.1. The van der Waals surface area contributed by atoms with Crippen LogP contribution in [0.3, 0.4) is 0 Å². The maximum Gasteiger partial charge on any atom is 0.123 e. The third kappa shape index (κ3) is 3.42. The third-order valence-electron chi connectivity index (χ3n) is 2.91. The Labute approximate surface area is 123 Å². The number of benzene rings is 2. The highest BCUT2D eigenvalue weighted by Crippen LogP contribution is 2.30. The van der Waals surface area contributed by atoms with Crippen LogP contribution in [0.4, 0.5) is 4.39 Å². The van der Waals surface area contributed by atoms with Gasteiger partial charge in [0.25, 0.3) is 0 Å². The van der Waals surface area contributed by atoms with E-state index in [2.05, 4.69) is 44.0 Å². The highest BCUT2D eigenvalue weighted by molar-refractivity contribution is 9.10. The summed E-state index contributed by atoms with van der Waals surface area (Å²) in [5.74, 6) is -0.184. The quantitative estimate of drug-likeness (QED) is 0.618. The molecule has 0 amide bonds. The molecule has 94 valence electrons. The highest BCUT2D eigenvalue weighted by Gasteiger charge is 2.12. The molecule has 0 spiro atoms. The Bertz CT molecular complexity index is 535. The van der Waals surface area contributed by atoms with Gasteiger partial charge in [-0.1, -0.05) is 50.1 Å². The van der Waals surface area contributed by atoms with Crippen LogP contribution in [0.5, 0.6) is 0 Å². The van der Waals surface area contributed by atoms with Gasteiger partial charge in [0.1, 0.15) is 5.82 Å². The smallest absolute Gasteiger partial charge is 0.123 e. The van der Waals surface area contributed by atoms with Gasteiger partial charge in [0.2, 0.25) is 0 Å². The minimum atomic E-state index is -0.184. The van der Waals surface area contributed by atoms with Crippen molar-refractivity contribution in [2.45, 2.75) is 18.2 Å². The Hall–Kier alpha value is -0.670. The summed E-state index contributed by atoms with van der Waals surface area (Å²) in [4.78, 5) is 0.134. The fourth-order valence-corrected chi connectivity index (χ4v) is 3.02. The molecule has 0 N–H and O–H groups in total. The lowest BCUT2D eigenvalue weighted by molar-refractivity contribution is 0.624. The van der Waals surface area contributed by atoms with Crippen LogP contribution in [0.25, 0.3) is 0 Å². The van der Waals surface area contributed by atoms with Gasteiger partial charge in [0, 0.05) is 9.30 Å². The number of alkyl halides is 1. The van der Waals surface area contributed by atoms with Gasteiger partial charge in [0.15, 0.2) is 0 Å². The molecule has 2 rings (SSSR count). The highest BCUT2D eigenvalue weighted by atomic mass is 79.9. The molecular formula is C15H13Br2F. The first-order valence-corrected chi connectivity index (χ1v) is 7.41. The van der Waals surface area contributed by atoms with Crippen molar-refractivity contribution in [2.24, 2.45) is 0 Å². The fraction of sp³-hybridized carbons (Fsp3) is 0.200. The summed E-state index contributed by atoms with van der Waals surface area (Å²) >= 11 is 7.06. The summed E-state index contributed by atoms with van der Waals surface area (Å²) in [7, 11) is 0. The molecule has 0 saturated carbocycles. The number of hydrogen-bond acceptors (Lipinski definition) is 0. The molecule has 0 aliphatic heterocycles. The van der Waals surface area contributed by atoms with Crippen molar-refractivity contribution in [3.05, 3.63) is 69.4 Å². The summed E-state index contributed by atoms with van der Waals surface area (Å²) in [5, 5.41) is 0. The van der Waals surface area contributed by atoms with E-state index in [4.69, 9.17) is 0 Å². The average molecular weight is 372 g/mol. The number of aryl methyl sites for hydroxylation is 1. The molecule has 18 heavy (non-hydrogen) atoms. The second kappa shape index (κ2) is 5.98. The molecule has 2 aromatic rings. The van der Waals surface area contributed by atoms with E-state index in [1.807, 2.05) is 25.1 Å². The van der Waals surface area contributed by atoms with Crippen molar-refractivity contribution in [2.75, 3.05) is 0 Å². The van der Waals surface area contributed by atoms with E-state index >= 15 is 0 Å². The van der Waals surface area contributed by atoms with Crippen molar-refractivity contribution in [3.8, 4) is 0 Å². The fourth-order valence-electron chi connectivity index (χ4n) is 1.89. The topological polar surface area (TPSA) is 0 Å². The zero-order chi connectivity index (χ0) is 13.1. The molecule has 0 nitrogen and oxygen atoms in total. The van der Waals surface area contributed by atoms with E-state index < -0.39 is 0 Å². The lowest BCUT2D eigenvalue weighted by Crippen LogP contribution is -1.98. The second-order valence-electron chi connectivity index (χ2n) is 4.30.